The molecule has 0 aromatic carbocycles. The molecule has 0 unspecified atom stereocenters. The third kappa shape index (κ3) is 4.94. The summed E-state index contributed by atoms with van der Waals surface area (Å²) in [5.41, 5.74) is 6.06. The third-order valence-corrected chi connectivity index (χ3v) is 3.87. The summed E-state index contributed by atoms with van der Waals surface area (Å²) in [6, 6.07) is 0. The summed E-state index contributed by atoms with van der Waals surface area (Å²) >= 11 is 0. The fourth-order valence-electron chi connectivity index (χ4n) is 2.71. The molecule has 4 heteroatoms. The number of rotatable bonds is 7. The van der Waals surface area contributed by atoms with Crippen LogP contribution in [0.25, 0.3) is 0 Å². The molecule has 0 spiro atoms. The van der Waals surface area contributed by atoms with Crippen molar-refractivity contribution in [1.82, 2.24) is 9.80 Å². The molecule has 0 aromatic heterocycles. The number of amides is 1. The van der Waals surface area contributed by atoms with Gasteiger partial charge in [0, 0.05) is 25.0 Å². The van der Waals surface area contributed by atoms with Crippen molar-refractivity contribution in [3.63, 3.8) is 0 Å². The SMILES string of the molecule is CCN(CCCN(C)C)C(=O)CC1(N)CCCC1. The van der Waals surface area contributed by atoms with Crippen LogP contribution < -0.4 is 5.73 Å². The van der Waals surface area contributed by atoms with Crippen LogP contribution in [-0.4, -0.2) is 55.0 Å². The third-order valence-electron chi connectivity index (χ3n) is 3.87. The van der Waals surface area contributed by atoms with Gasteiger partial charge in [0.1, 0.15) is 0 Å². The van der Waals surface area contributed by atoms with E-state index in [2.05, 4.69) is 19.0 Å². The van der Waals surface area contributed by atoms with Gasteiger partial charge >= 0.3 is 0 Å². The van der Waals surface area contributed by atoms with E-state index in [1.165, 1.54) is 12.8 Å². The van der Waals surface area contributed by atoms with Crippen LogP contribution in [0, 0.1) is 0 Å². The minimum Gasteiger partial charge on any atom is -0.343 e. The molecule has 1 saturated carbocycles. The van der Waals surface area contributed by atoms with E-state index in [9.17, 15) is 4.79 Å². The van der Waals surface area contributed by atoms with E-state index >= 15 is 0 Å². The van der Waals surface area contributed by atoms with Gasteiger partial charge in [-0.3, -0.25) is 4.79 Å². The molecular weight excluding hydrogens is 226 g/mol. The Morgan fingerprint density at radius 3 is 2.33 bits per heavy atom. The Balaban J connectivity index is 2.36. The Bertz CT molecular complexity index is 260. The number of hydrogen-bond acceptors (Lipinski definition) is 3. The highest BCUT2D eigenvalue weighted by Crippen LogP contribution is 2.30. The lowest BCUT2D eigenvalue weighted by atomic mass is 9.94. The van der Waals surface area contributed by atoms with Gasteiger partial charge < -0.3 is 15.5 Å². The Morgan fingerprint density at radius 1 is 1.22 bits per heavy atom. The molecule has 4 nitrogen and oxygen atoms in total. The average molecular weight is 255 g/mol. The largest absolute Gasteiger partial charge is 0.343 e. The van der Waals surface area contributed by atoms with Crippen LogP contribution >= 0.6 is 0 Å². The first kappa shape index (κ1) is 15.4. The van der Waals surface area contributed by atoms with Crippen LogP contribution in [0.2, 0.25) is 0 Å². The Hall–Kier alpha value is -0.610. The minimum absolute atomic E-state index is 0.216. The number of nitrogens with zero attached hydrogens (tertiary/aromatic N) is 2. The smallest absolute Gasteiger partial charge is 0.224 e. The molecule has 0 atom stereocenters. The van der Waals surface area contributed by atoms with Crippen LogP contribution in [0.3, 0.4) is 0 Å². The van der Waals surface area contributed by atoms with Crippen molar-refractivity contribution < 1.29 is 4.79 Å². The van der Waals surface area contributed by atoms with Crippen LogP contribution in [0.1, 0.15) is 45.4 Å². The first-order chi connectivity index (χ1) is 8.47. The lowest BCUT2D eigenvalue weighted by Gasteiger charge is -2.28. The summed E-state index contributed by atoms with van der Waals surface area (Å²) < 4.78 is 0. The molecular formula is C14H29N3O. The molecule has 18 heavy (non-hydrogen) atoms. The predicted molar refractivity (Wildman–Crippen MR) is 75.4 cm³/mol. The van der Waals surface area contributed by atoms with Crippen LogP contribution in [0.5, 0.6) is 0 Å². The molecule has 1 fully saturated rings. The van der Waals surface area contributed by atoms with Crippen molar-refractivity contribution in [1.29, 1.82) is 0 Å². The zero-order valence-electron chi connectivity index (χ0n) is 12.2. The van der Waals surface area contributed by atoms with Crippen molar-refractivity contribution in [2.24, 2.45) is 5.73 Å². The monoisotopic (exact) mass is 255 g/mol. The standard InChI is InChI=1S/C14H29N3O/c1-4-17(11-7-10-16(2)3)13(18)12-14(15)8-5-6-9-14/h4-12,15H2,1-3H3. The topological polar surface area (TPSA) is 49.6 Å². The molecule has 1 amide bonds. The van der Waals surface area contributed by atoms with E-state index in [1.54, 1.807) is 0 Å². The Labute approximate surface area is 111 Å². The zero-order chi connectivity index (χ0) is 13.6. The predicted octanol–water partition coefficient (Wildman–Crippen LogP) is 1.45. The average Bonchev–Trinajstić information content (AvgIpc) is 2.70. The number of carbonyl (C=O) groups excluding carboxylic acids is 1. The van der Waals surface area contributed by atoms with Crippen molar-refractivity contribution in [2.45, 2.75) is 51.0 Å². The second kappa shape index (κ2) is 7.10. The maximum absolute atomic E-state index is 12.2. The molecule has 0 heterocycles. The van der Waals surface area contributed by atoms with Gasteiger partial charge in [-0.25, -0.2) is 0 Å². The molecule has 0 bridgehead atoms. The van der Waals surface area contributed by atoms with Gasteiger partial charge in [0.2, 0.25) is 5.91 Å². The number of hydrogen-bond donors (Lipinski definition) is 1. The number of carbonyl (C=O) groups is 1. The molecule has 0 aromatic rings. The minimum atomic E-state index is -0.216. The first-order valence-electron chi connectivity index (χ1n) is 7.18. The Morgan fingerprint density at radius 2 is 1.83 bits per heavy atom. The molecule has 1 aliphatic rings. The molecule has 1 aliphatic carbocycles. The van der Waals surface area contributed by atoms with E-state index in [-0.39, 0.29) is 11.4 Å². The lowest BCUT2D eigenvalue weighted by Crippen LogP contribution is -2.44. The fourth-order valence-corrected chi connectivity index (χ4v) is 2.71. The van der Waals surface area contributed by atoms with E-state index in [1.807, 2.05) is 11.8 Å². The van der Waals surface area contributed by atoms with Gasteiger partial charge in [-0.1, -0.05) is 12.8 Å². The quantitative estimate of drug-likeness (QED) is 0.749. The number of nitrogens with two attached hydrogens (primary N) is 1. The van der Waals surface area contributed by atoms with E-state index in [0.29, 0.717) is 6.42 Å². The maximum atomic E-state index is 12.2. The van der Waals surface area contributed by atoms with Crippen LogP contribution in [0.15, 0.2) is 0 Å². The van der Waals surface area contributed by atoms with Crippen molar-refractivity contribution in [3.05, 3.63) is 0 Å². The molecule has 0 saturated heterocycles. The van der Waals surface area contributed by atoms with E-state index in [4.69, 9.17) is 5.73 Å². The van der Waals surface area contributed by atoms with Crippen molar-refractivity contribution >= 4 is 5.91 Å². The molecule has 0 aliphatic heterocycles. The summed E-state index contributed by atoms with van der Waals surface area (Å²) in [4.78, 5) is 16.4. The summed E-state index contributed by atoms with van der Waals surface area (Å²) in [5, 5.41) is 0. The molecule has 1 rings (SSSR count). The van der Waals surface area contributed by atoms with Gasteiger partial charge in [0.05, 0.1) is 0 Å². The van der Waals surface area contributed by atoms with E-state index in [0.717, 1.165) is 38.9 Å². The molecule has 106 valence electrons. The summed E-state index contributed by atoms with van der Waals surface area (Å²) in [6.45, 7) is 4.72. The van der Waals surface area contributed by atoms with Gasteiger partial charge in [-0.2, -0.15) is 0 Å². The second-order valence-electron chi connectivity index (χ2n) is 5.88. The normalized spacial score (nSPS) is 18.3. The van der Waals surface area contributed by atoms with Crippen LogP contribution in [0.4, 0.5) is 0 Å². The maximum Gasteiger partial charge on any atom is 0.224 e. The Kier molecular flexibility index (Phi) is 6.09. The van der Waals surface area contributed by atoms with Gasteiger partial charge in [0.15, 0.2) is 0 Å². The van der Waals surface area contributed by atoms with Gasteiger partial charge in [0.25, 0.3) is 0 Å². The molecule has 2 N–H and O–H groups in total. The zero-order valence-corrected chi connectivity index (χ0v) is 12.2. The lowest BCUT2D eigenvalue weighted by molar-refractivity contribution is -0.132. The highest BCUT2D eigenvalue weighted by Gasteiger charge is 2.32. The summed E-state index contributed by atoms with van der Waals surface area (Å²) in [5.74, 6) is 0.237. The highest BCUT2D eigenvalue weighted by atomic mass is 16.2. The summed E-state index contributed by atoms with van der Waals surface area (Å²) in [7, 11) is 4.12. The van der Waals surface area contributed by atoms with E-state index < -0.39 is 0 Å². The van der Waals surface area contributed by atoms with Gasteiger partial charge in [-0.05, 0) is 46.8 Å². The van der Waals surface area contributed by atoms with Gasteiger partial charge in [-0.15, -0.1) is 0 Å². The second-order valence-corrected chi connectivity index (χ2v) is 5.88. The van der Waals surface area contributed by atoms with Crippen molar-refractivity contribution in [3.8, 4) is 0 Å². The highest BCUT2D eigenvalue weighted by molar-refractivity contribution is 5.77. The van der Waals surface area contributed by atoms with Crippen molar-refractivity contribution in [2.75, 3.05) is 33.7 Å². The summed E-state index contributed by atoms with van der Waals surface area (Å²) in [6.07, 6.45) is 5.93. The fraction of sp³-hybridized carbons (Fsp3) is 0.929. The molecule has 0 radical (unpaired) electrons. The van der Waals surface area contributed by atoms with Crippen LogP contribution in [-0.2, 0) is 4.79 Å². The first-order valence-corrected chi connectivity index (χ1v) is 7.18.